The van der Waals surface area contributed by atoms with Crippen LogP contribution in [0.4, 0.5) is 0 Å². The Balaban J connectivity index is 2.01. The maximum atomic E-state index is 12.6. The highest BCUT2D eigenvalue weighted by atomic mass is 32.2. The molecule has 1 fully saturated rings. The second kappa shape index (κ2) is 7.22. The van der Waals surface area contributed by atoms with E-state index in [1.165, 1.54) is 4.88 Å². The van der Waals surface area contributed by atoms with E-state index in [1.54, 1.807) is 15.6 Å². The number of hydrogen-bond donors (Lipinski definition) is 0. The van der Waals surface area contributed by atoms with Crippen molar-refractivity contribution in [2.24, 2.45) is 0 Å². The number of sulfonamides is 1. The van der Waals surface area contributed by atoms with E-state index in [0.29, 0.717) is 13.0 Å². The van der Waals surface area contributed by atoms with Gasteiger partial charge in [-0.05, 0) is 52.2 Å². The highest BCUT2D eigenvalue weighted by Gasteiger charge is 2.27. The van der Waals surface area contributed by atoms with Gasteiger partial charge in [0.25, 0.3) is 0 Å². The molecule has 1 aromatic rings. The van der Waals surface area contributed by atoms with Crippen molar-refractivity contribution in [3.63, 3.8) is 0 Å². The fourth-order valence-corrected chi connectivity index (χ4v) is 5.34. The lowest BCUT2D eigenvalue weighted by Gasteiger charge is -2.26. The number of ether oxygens (including phenoxy) is 1. The maximum absolute atomic E-state index is 12.6. The summed E-state index contributed by atoms with van der Waals surface area (Å²) in [5, 5.41) is 0. The molecule has 0 saturated carbocycles. The fourth-order valence-electron chi connectivity index (χ4n) is 2.60. The summed E-state index contributed by atoms with van der Waals surface area (Å²) >= 11 is 1.66. The molecule has 0 aromatic carbocycles. The molecule has 6 heteroatoms. The second-order valence-electron chi connectivity index (χ2n) is 5.89. The van der Waals surface area contributed by atoms with Crippen LogP contribution in [0.3, 0.4) is 0 Å². The molecule has 0 radical (unpaired) electrons. The molecule has 1 saturated heterocycles. The van der Waals surface area contributed by atoms with Crippen molar-refractivity contribution in [3.05, 3.63) is 21.9 Å². The van der Waals surface area contributed by atoms with E-state index in [1.807, 2.05) is 32.9 Å². The van der Waals surface area contributed by atoms with Gasteiger partial charge in [0.15, 0.2) is 0 Å². The Labute approximate surface area is 132 Å². The molecule has 0 aliphatic carbocycles. The second-order valence-corrected chi connectivity index (χ2v) is 9.30. The lowest BCUT2D eigenvalue weighted by molar-refractivity contribution is 0.108. The standard InChI is InChI=1S/C15H25NO3S2/c1-12(2)16(11-15-7-6-13(3)20-15)21(17,18)10-8-14-5-4-9-19-14/h6-7,12,14H,4-5,8-11H2,1-3H3/t14-/m0/s1. The molecule has 0 spiro atoms. The molecule has 0 bridgehead atoms. The Morgan fingerprint density at radius 1 is 1.43 bits per heavy atom. The first-order chi connectivity index (χ1) is 9.88. The van der Waals surface area contributed by atoms with Gasteiger partial charge in [0.05, 0.1) is 11.9 Å². The van der Waals surface area contributed by atoms with Crippen molar-refractivity contribution in [3.8, 4) is 0 Å². The third kappa shape index (κ3) is 4.77. The van der Waals surface area contributed by atoms with E-state index in [0.717, 1.165) is 24.3 Å². The van der Waals surface area contributed by atoms with Crippen molar-refractivity contribution < 1.29 is 13.2 Å². The largest absolute Gasteiger partial charge is 0.378 e. The quantitative estimate of drug-likeness (QED) is 0.771. The normalized spacial score (nSPS) is 19.8. The van der Waals surface area contributed by atoms with Gasteiger partial charge in [-0.15, -0.1) is 11.3 Å². The summed E-state index contributed by atoms with van der Waals surface area (Å²) in [4.78, 5) is 2.31. The minimum Gasteiger partial charge on any atom is -0.378 e. The van der Waals surface area contributed by atoms with Gasteiger partial charge in [-0.3, -0.25) is 0 Å². The smallest absolute Gasteiger partial charge is 0.214 e. The molecule has 0 N–H and O–H groups in total. The van der Waals surface area contributed by atoms with Crippen molar-refractivity contribution >= 4 is 21.4 Å². The van der Waals surface area contributed by atoms with E-state index in [2.05, 4.69) is 0 Å². The Kier molecular flexibility index (Phi) is 5.82. The molecule has 21 heavy (non-hydrogen) atoms. The first kappa shape index (κ1) is 16.9. The van der Waals surface area contributed by atoms with Crippen LogP contribution in [0.25, 0.3) is 0 Å². The maximum Gasteiger partial charge on any atom is 0.214 e. The van der Waals surface area contributed by atoms with Crippen molar-refractivity contribution in [2.45, 2.75) is 58.7 Å². The monoisotopic (exact) mass is 331 g/mol. The molecule has 4 nitrogen and oxygen atoms in total. The first-order valence-corrected chi connectivity index (χ1v) is 9.97. The van der Waals surface area contributed by atoms with Crippen LogP contribution in [0.1, 0.15) is 42.9 Å². The number of rotatable bonds is 7. The van der Waals surface area contributed by atoms with Gasteiger partial charge >= 0.3 is 0 Å². The SMILES string of the molecule is Cc1ccc(CN(C(C)C)S(=O)(=O)CC[C@@H]2CCCO2)s1. The molecule has 0 unspecified atom stereocenters. The minimum absolute atomic E-state index is 0.0260. The summed E-state index contributed by atoms with van der Waals surface area (Å²) in [5.74, 6) is 0.181. The van der Waals surface area contributed by atoms with Gasteiger partial charge in [-0.2, -0.15) is 4.31 Å². The van der Waals surface area contributed by atoms with Gasteiger partial charge in [0.2, 0.25) is 10.0 Å². The van der Waals surface area contributed by atoms with E-state index in [-0.39, 0.29) is 17.9 Å². The fraction of sp³-hybridized carbons (Fsp3) is 0.733. The molecule has 0 amide bonds. The molecule has 2 heterocycles. The average Bonchev–Trinajstić information content (AvgIpc) is 3.04. The predicted molar refractivity (Wildman–Crippen MR) is 87.1 cm³/mol. The van der Waals surface area contributed by atoms with Crippen molar-refractivity contribution in [1.82, 2.24) is 4.31 Å². The van der Waals surface area contributed by atoms with Crippen LogP contribution in [0.2, 0.25) is 0 Å². The summed E-state index contributed by atoms with van der Waals surface area (Å²) in [6.45, 7) is 7.16. The van der Waals surface area contributed by atoms with Gasteiger partial charge in [-0.25, -0.2) is 8.42 Å². The van der Waals surface area contributed by atoms with Crippen molar-refractivity contribution in [2.75, 3.05) is 12.4 Å². The van der Waals surface area contributed by atoms with Crippen molar-refractivity contribution in [1.29, 1.82) is 0 Å². The van der Waals surface area contributed by atoms with E-state index in [4.69, 9.17) is 4.74 Å². The van der Waals surface area contributed by atoms with Crippen LogP contribution in [0.15, 0.2) is 12.1 Å². The lowest BCUT2D eigenvalue weighted by Crippen LogP contribution is -2.38. The molecular formula is C15H25NO3S2. The molecule has 2 rings (SSSR count). The lowest BCUT2D eigenvalue weighted by atomic mass is 10.2. The van der Waals surface area contributed by atoms with Gasteiger partial charge < -0.3 is 4.74 Å². The number of thiophene rings is 1. The van der Waals surface area contributed by atoms with E-state index < -0.39 is 10.0 Å². The zero-order valence-corrected chi connectivity index (χ0v) is 14.7. The summed E-state index contributed by atoms with van der Waals surface area (Å²) < 4.78 is 32.4. The van der Waals surface area contributed by atoms with Crippen LogP contribution in [0, 0.1) is 6.92 Å². The zero-order valence-electron chi connectivity index (χ0n) is 13.0. The Bertz CT molecular complexity index is 545. The number of nitrogens with zero attached hydrogens (tertiary/aromatic N) is 1. The van der Waals surface area contributed by atoms with Crippen LogP contribution in [-0.4, -0.2) is 37.2 Å². The topological polar surface area (TPSA) is 46.6 Å². The third-order valence-electron chi connectivity index (χ3n) is 3.76. The molecule has 1 aliphatic heterocycles. The zero-order chi connectivity index (χ0) is 15.5. The van der Waals surface area contributed by atoms with Gasteiger partial charge in [-0.1, -0.05) is 0 Å². The molecule has 1 atom stereocenters. The molecule has 1 aliphatic rings. The summed E-state index contributed by atoms with van der Waals surface area (Å²) in [5.41, 5.74) is 0. The summed E-state index contributed by atoms with van der Waals surface area (Å²) in [6.07, 6.45) is 2.77. The average molecular weight is 332 g/mol. The van der Waals surface area contributed by atoms with Crippen LogP contribution in [0.5, 0.6) is 0 Å². The molecular weight excluding hydrogens is 306 g/mol. The summed E-state index contributed by atoms with van der Waals surface area (Å²) in [7, 11) is -3.24. The van der Waals surface area contributed by atoms with Crippen LogP contribution in [-0.2, 0) is 21.3 Å². The summed E-state index contributed by atoms with van der Waals surface area (Å²) in [6, 6.07) is 4.03. The highest BCUT2D eigenvalue weighted by Crippen LogP contribution is 2.22. The van der Waals surface area contributed by atoms with Crippen LogP contribution < -0.4 is 0 Å². The Morgan fingerprint density at radius 2 is 2.19 bits per heavy atom. The third-order valence-corrected chi connectivity index (χ3v) is 6.77. The van der Waals surface area contributed by atoms with Gasteiger partial charge in [0, 0.05) is 28.9 Å². The van der Waals surface area contributed by atoms with E-state index >= 15 is 0 Å². The number of aryl methyl sites for hydroxylation is 1. The highest BCUT2D eigenvalue weighted by molar-refractivity contribution is 7.89. The van der Waals surface area contributed by atoms with Crippen LogP contribution >= 0.6 is 11.3 Å². The first-order valence-electron chi connectivity index (χ1n) is 7.55. The number of hydrogen-bond acceptors (Lipinski definition) is 4. The molecule has 1 aromatic heterocycles. The minimum atomic E-state index is -3.24. The van der Waals surface area contributed by atoms with E-state index in [9.17, 15) is 8.42 Å². The predicted octanol–water partition coefficient (Wildman–Crippen LogP) is 3.17. The Hall–Kier alpha value is -0.430. The molecule has 120 valence electrons. The van der Waals surface area contributed by atoms with Gasteiger partial charge in [0.1, 0.15) is 0 Å². The Morgan fingerprint density at radius 3 is 2.71 bits per heavy atom.